The Bertz CT molecular complexity index is 2090. The molecule has 4 N–H and O–H groups in total. The first-order valence-corrected chi connectivity index (χ1v) is 16.4. The highest BCUT2D eigenvalue weighted by Crippen LogP contribution is 2.63. The molecule has 0 unspecified atom stereocenters. The van der Waals surface area contributed by atoms with E-state index in [9.17, 15) is 20.4 Å². The number of benzene rings is 4. The van der Waals surface area contributed by atoms with E-state index < -0.39 is 11.4 Å². The normalized spacial score (nSPS) is 26.6. The van der Waals surface area contributed by atoms with Gasteiger partial charge in [0.25, 0.3) is 5.79 Å². The lowest BCUT2D eigenvalue weighted by Crippen LogP contribution is -2.60. The summed E-state index contributed by atoms with van der Waals surface area (Å²) in [6.45, 7) is 6.06. The Kier molecular flexibility index (Phi) is 5.96. The monoisotopic (exact) mass is 644 g/mol. The Morgan fingerprint density at radius 1 is 0.792 bits per heavy atom. The summed E-state index contributed by atoms with van der Waals surface area (Å²) in [4.78, 5) is 0. The van der Waals surface area contributed by atoms with E-state index in [2.05, 4.69) is 13.0 Å². The maximum absolute atomic E-state index is 11.8. The molecule has 4 aromatic carbocycles. The average molecular weight is 645 g/mol. The van der Waals surface area contributed by atoms with Crippen molar-refractivity contribution >= 4 is 6.08 Å². The summed E-state index contributed by atoms with van der Waals surface area (Å²) in [7, 11) is 0. The van der Waals surface area contributed by atoms with E-state index in [0.29, 0.717) is 40.5 Å². The highest BCUT2D eigenvalue weighted by molar-refractivity contribution is 5.69. The van der Waals surface area contributed by atoms with Crippen LogP contribution >= 0.6 is 0 Å². The lowest BCUT2D eigenvalue weighted by atomic mass is 9.61. The van der Waals surface area contributed by atoms with Crippen LogP contribution in [0.3, 0.4) is 0 Å². The summed E-state index contributed by atoms with van der Waals surface area (Å²) >= 11 is 0. The van der Waals surface area contributed by atoms with Crippen LogP contribution in [0.1, 0.15) is 78.5 Å². The third-order valence-electron chi connectivity index (χ3n) is 10.6. The van der Waals surface area contributed by atoms with Crippen molar-refractivity contribution in [3.63, 3.8) is 0 Å². The predicted octanol–water partition coefficient (Wildman–Crippen LogP) is 7.93. The van der Waals surface area contributed by atoms with Gasteiger partial charge in [-0.2, -0.15) is 0 Å². The largest absolute Gasteiger partial charge is 0.508 e. The van der Waals surface area contributed by atoms with Crippen LogP contribution in [-0.4, -0.2) is 31.8 Å². The molecule has 8 heteroatoms. The molecule has 244 valence electrons. The first-order chi connectivity index (χ1) is 23.0. The number of rotatable bonds is 3. The van der Waals surface area contributed by atoms with Gasteiger partial charge in [0.1, 0.15) is 57.7 Å². The Morgan fingerprint density at radius 3 is 2.40 bits per heavy atom. The molecular weight excluding hydrogens is 608 g/mol. The zero-order valence-corrected chi connectivity index (χ0v) is 26.9. The van der Waals surface area contributed by atoms with E-state index in [-0.39, 0.29) is 53.3 Å². The minimum absolute atomic E-state index is 0.0258. The average Bonchev–Trinajstić information content (AvgIpc) is 3.45. The minimum Gasteiger partial charge on any atom is -0.508 e. The second kappa shape index (κ2) is 9.89. The van der Waals surface area contributed by atoms with E-state index >= 15 is 0 Å². The van der Waals surface area contributed by atoms with E-state index in [1.54, 1.807) is 36.4 Å². The zero-order valence-electron chi connectivity index (χ0n) is 26.9. The standard InChI is InChI=1S/C40H36O8/c1-20-12-28-26-8-7-25(42)18-34(26)46-40(19-22-5-9-30(43)27-10-11-39(2,3)48-38(22)27)37(28)29(13-20)36-31(44)14-23(16-35(36)47-40)32-15-21-4-6-24(41)17-33(21)45-32/h4-11,13-14,16-18,28-29,32,37,41-44H,12,15,19H2,1-3H3/t28-,29-,32-,37+,40+/m1/s1. The van der Waals surface area contributed by atoms with Gasteiger partial charge >= 0.3 is 0 Å². The fraction of sp³-hybridized carbons (Fsp3) is 0.300. The van der Waals surface area contributed by atoms with Gasteiger partial charge in [-0.25, -0.2) is 0 Å². The van der Waals surface area contributed by atoms with E-state index in [0.717, 1.165) is 28.7 Å². The Morgan fingerprint density at radius 2 is 1.56 bits per heavy atom. The molecular formula is C40H36O8. The van der Waals surface area contributed by atoms with Gasteiger partial charge in [0.05, 0.1) is 17.9 Å². The van der Waals surface area contributed by atoms with Gasteiger partial charge in [-0.05, 0) is 80.8 Å². The molecule has 0 spiro atoms. The molecule has 0 bridgehead atoms. The van der Waals surface area contributed by atoms with Crippen LogP contribution in [-0.2, 0) is 12.8 Å². The van der Waals surface area contributed by atoms with E-state index in [1.165, 1.54) is 5.57 Å². The molecule has 4 aliphatic heterocycles. The fourth-order valence-corrected chi connectivity index (χ4v) is 8.53. The number of fused-ring (bicyclic) bond motifs is 6. The molecule has 0 amide bonds. The van der Waals surface area contributed by atoms with Gasteiger partial charge < -0.3 is 39.4 Å². The number of phenols is 4. The molecule has 1 aliphatic carbocycles. The molecule has 4 aromatic rings. The molecule has 9 rings (SSSR count). The van der Waals surface area contributed by atoms with Gasteiger partial charge in [-0.3, -0.25) is 0 Å². The minimum atomic E-state index is -1.27. The summed E-state index contributed by atoms with van der Waals surface area (Å²) in [5, 5.41) is 43.2. The first-order valence-electron chi connectivity index (χ1n) is 16.4. The molecule has 5 atom stereocenters. The van der Waals surface area contributed by atoms with Crippen LogP contribution in [0, 0.1) is 5.92 Å². The Balaban J connectivity index is 1.21. The maximum atomic E-state index is 11.8. The molecule has 0 radical (unpaired) electrons. The number of hydrogen-bond acceptors (Lipinski definition) is 8. The number of phenolic OH excluding ortho intramolecular Hbond substituents is 4. The van der Waals surface area contributed by atoms with Crippen LogP contribution in [0.5, 0.6) is 46.0 Å². The van der Waals surface area contributed by atoms with Crippen molar-refractivity contribution in [1.29, 1.82) is 0 Å². The summed E-state index contributed by atoms with van der Waals surface area (Å²) in [6.07, 6.45) is 7.28. The molecule has 5 aliphatic rings. The fourth-order valence-electron chi connectivity index (χ4n) is 8.53. The third-order valence-corrected chi connectivity index (χ3v) is 10.6. The highest BCUT2D eigenvalue weighted by Gasteiger charge is 2.60. The van der Waals surface area contributed by atoms with Gasteiger partial charge in [0.2, 0.25) is 0 Å². The van der Waals surface area contributed by atoms with Gasteiger partial charge in [0, 0.05) is 47.1 Å². The van der Waals surface area contributed by atoms with Gasteiger partial charge in [-0.1, -0.05) is 29.8 Å². The van der Waals surface area contributed by atoms with Crippen molar-refractivity contribution in [1.82, 2.24) is 0 Å². The van der Waals surface area contributed by atoms with Crippen molar-refractivity contribution in [2.75, 3.05) is 0 Å². The summed E-state index contributed by atoms with van der Waals surface area (Å²) in [5.74, 6) is 0.940. The topological polar surface area (TPSA) is 118 Å². The Hall–Kier alpha value is -5.24. The van der Waals surface area contributed by atoms with E-state index in [1.807, 2.05) is 50.3 Å². The van der Waals surface area contributed by atoms with E-state index in [4.69, 9.17) is 18.9 Å². The maximum Gasteiger partial charge on any atom is 0.259 e. The van der Waals surface area contributed by atoms with Crippen LogP contribution in [0.15, 0.2) is 78.4 Å². The first kappa shape index (κ1) is 28.9. The SMILES string of the molecule is CC1=C[C@@H]2c3c(O)cc([C@H]4Cc5ccc(O)cc5O4)cc3O[C@]3(Cc4ccc(O)c5c4OC(C)(C)C=C5)Oc4cc(O)ccc4[C@@H](C1)[C@@H]23. The molecule has 0 saturated heterocycles. The number of allylic oxidation sites excluding steroid dienone is 2. The van der Waals surface area contributed by atoms with Crippen LogP contribution < -0.4 is 18.9 Å². The van der Waals surface area contributed by atoms with Crippen molar-refractivity contribution in [3.05, 3.63) is 112 Å². The van der Waals surface area contributed by atoms with Crippen molar-refractivity contribution in [3.8, 4) is 46.0 Å². The molecule has 0 fully saturated rings. The second-order valence-corrected chi connectivity index (χ2v) is 14.4. The highest BCUT2D eigenvalue weighted by atomic mass is 16.7. The predicted molar refractivity (Wildman–Crippen MR) is 178 cm³/mol. The number of aromatic hydroxyl groups is 4. The summed E-state index contributed by atoms with van der Waals surface area (Å²) in [6, 6.07) is 17.6. The van der Waals surface area contributed by atoms with Crippen molar-refractivity contribution in [2.24, 2.45) is 5.92 Å². The van der Waals surface area contributed by atoms with Crippen molar-refractivity contribution in [2.45, 2.75) is 69.4 Å². The van der Waals surface area contributed by atoms with Crippen LogP contribution in [0.2, 0.25) is 0 Å². The summed E-state index contributed by atoms with van der Waals surface area (Å²) in [5.41, 5.74) is 5.43. The van der Waals surface area contributed by atoms with Crippen molar-refractivity contribution < 1.29 is 39.4 Å². The third kappa shape index (κ3) is 4.35. The molecule has 8 nitrogen and oxygen atoms in total. The molecule has 48 heavy (non-hydrogen) atoms. The Labute approximate surface area is 278 Å². The summed E-state index contributed by atoms with van der Waals surface area (Å²) < 4.78 is 26.8. The second-order valence-electron chi connectivity index (χ2n) is 14.4. The lowest BCUT2D eigenvalue weighted by Gasteiger charge is -2.55. The van der Waals surface area contributed by atoms with Crippen LogP contribution in [0.25, 0.3) is 6.08 Å². The number of hydrogen-bond donors (Lipinski definition) is 4. The smallest absolute Gasteiger partial charge is 0.259 e. The molecule has 4 heterocycles. The lowest BCUT2D eigenvalue weighted by molar-refractivity contribution is -0.187. The quantitative estimate of drug-likeness (QED) is 0.166. The van der Waals surface area contributed by atoms with Crippen LogP contribution in [0.4, 0.5) is 0 Å². The zero-order chi connectivity index (χ0) is 33.1. The molecule has 0 saturated carbocycles. The number of ether oxygens (including phenoxy) is 4. The van der Waals surface area contributed by atoms with Gasteiger partial charge in [0.15, 0.2) is 0 Å². The molecule has 0 aromatic heterocycles. The van der Waals surface area contributed by atoms with Gasteiger partial charge in [-0.15, -0.1) is 0 Å².